The molecule has 0 N–H and O–H groups in total. The van der Waals surface area contributed by atoms with E-state index in [0.29, 0.717) is 6.04 Å². The molecule has 4 rings (SSSR count). The summed E-state index contributed by atoms with van der Waals surface area (Å²) in [5.41, 5.74) is 4.46. The molecule has 0 amide bonds. The molecule has 0 saturated carbocycles. The molecular weight excluding hydrogens is 344 g/mol. The molecule has 0 aliphatic carbocycles. The number of para-hydroxylation sites is 1. The van der Waals surface area contributed by atoms with Gasteiger partial charge in [0.25, 0.3) is 0 Å². The first-order valence-corrected chi connectivity index (χ1v) is 9.92. The van der Waals surface area contributed by atoms with Gasteiger partial charge in [0.2, 0.25) is 0 Å². The van der Waals surface area contributed by atoms with Gasteiger partial charge in [0.1, 0.15) is 0 Å². The van der Waals surface area contributed by atoms with Crippen LogP contribution in [0.4, 0.5) is 11.4 Å². The second-order valence-electron chi connectivity index (χ2n) is 7.47. The predicted octanol–water partition coefficient (Wildman–Crippen LogP) is 5.30. The van der Waals surface area contributed by atoms with Gasteiger partial charge in [-0.25, -0.2) is 0 Å². The van der Waals surface area contributed by atoms with Gasteiger partial charge in [0.05, 0.1) is 0 Å². The Morgan fingerprint density at radius 1 is 0.893 bits per heavy atom. The number of nitrogens with zero attached hydrogens (tertiary/aromatic N) is 2. The number of carbonyl (C=O) groups excluding carboxylic acids is 1. The lowest BCUT2D eigenvalue weighted by molar-refractivity contribution is 0.101. The number of ketones is 1. The monoisotopic (exact) mass is 370 g/mol. The molecule has 1 unspecified atom stereocenters. The van der Waals surface area contributed by atoms with Crippen LogP contribution in [-0.4, -0.2) is 29.8 Å². The van der Waals surface area contributed by atoms with Crippen LogP contribution < -0.4 is 4.90 Å². The van der Waals surface area contributed by atoms with E-state index in [-0.39, 0.29) is 5.78 Å². The van der Waals surface area contributed by atoms with Gasteiger partial charge in [0.15, 0.2) is 5.78 Å². The molecular formula is C25H26N2O. The number of hydrogen-bond donors (Lipinski definition) is 0. The quantitative estimate of drug-likeness (QED) is 0.550. The largest absolute Gasteiger partial charge is 0.337 e. The van der Waals surface area contributed by atoms with Crippen molar-refractivity contribution in [3.05, 3.63) is 96.1 Å². The van der Waals surface area contributed by atoms with E-state index >= 15 is 0 Å². The summed E-state index contributed by atoms with van der Waals surface area (Å²) in [7, 11) is 0. The van der Waals surface area contributed by atoms with Crippen LogP contribution in [0.15, 0.2) is 84.9 Å². The Morgan fingerprint density at radius 3 is 2.14 bits per heavy atom. The van der Waals surface area contributed by atoms with Gasteiger partial charge in [-0.05, 0) is 55.3 Å². The van der Waals surface area contributed by atoms with Crippen LogP contribution in [0.1, 0.15) is 29.3 Å². The fraction of sp³-hybridized carbons (Fsp3) is 0.240. The molecule has 1 saturated heterocycles. The van der Waals surface area contributed by atoms with E-state index in [4.69, 9.17) is 0 Å². The molecule has 0 aromatic heterocycles. The highest BCUT2D eigenvalue weighted by Crippen LogP contribution is 2.32. The Hall–Kier alpha value is -2.91. The Labute approximate surface area is 167 Å². The maximum atomic E-state index is 11.6. The van der Waals surface area contributed by atoms with Gasteiger partial charge in [-0.15, -0.1) is 0 Å². The molecule has 1 fully saturated rings. The van der Waals surface area contributed by atoms with E-state index in [9.17, 15) is 4.79 Å². The molecule has 3 aromatic rings. The summed E-state index contributed by atoms with van der Waals surface area (Å²) >= 11 is 0. The lowest BCUT2D eigenvalue weighted by Crippen LogP contribution is -2.34. The maximum Gasteiger partial charge on any atom is 0.159 e. The van der Waals surface area contributed by atoms with E-state index in [0.717, 1.165) is 37.3 Å². The average molecular weight is 370 g/mol. The molecule has 1 aliphatic heterocycles. The first-order chi connectivity index (χ1) is 13.7. The molecule has 3 heteroatoms. The van der Waals surface area contributed by atoms with Crippen LogP contribution in [0, 0.1) is 0 Å². The first kappa shape index (κ1) is 18.5. The zero-order valence-corrected chi connectivity index (χ0v) is 16.3. The minimum atomic E-state index is 0.104. The number of carbonyl (C=O) groups is 1. The summed E-state index contributed by atoms with van der Waals surface area (Å²) in [4.78, 5) is 16.6. The molecule has 1 atom stereocenters. The van der Waals surface area contributed by atoms with Gasteiger partial charge >= 0.3 is 0 Å². The number of anilines is 2. The summed E-state index contributed by atoms with van der Waals surface area (Å²) in [6, 6.07) is 29.7. The summed E-state index contributed by atoms with van der Waals surface area (Å²) in [6.07, 6.45) is 1.12. The van der Waals surface area contributed by atoms with E-state index in [1.807, 2.05) is 12.1 Å². The smallest absolute Gasteiger partial charge is 0.159 e. The highest BCUT2D eigenvalue weighted by Gasteiger charge is 2.29. The summed E-state index contributed by atoms with van der Waals surface area (Å²) in [6.45, 7) is 4.72. The van der Waals surface area contributed by atoms with Crippen molar-refractivity contribution in [1.82, 2.24) is 4.90 Å². The summed E-state index contributed by atoms with van der Waals surface area (Å²) < 4.78 is 0. The number of likely N-dealkylation sites (tertiary alicyclic amines) is 1. The van der Waals surface area contributed by atoms with Crippen molar-refractivity contribution in [1.29, 1.82) is 0 Å². The fourth-order valence-corrected chi connectivity index (χ4v) is 4.02. The molecule has 0 spiro atoms. The Kier molecular flexibility index (Phi) is 5.54. The van der Waals surface area contributed by atoms with Gasteiger partial charge in [-0.1, -0.05) is 48.5 Å². The second kappa shape index (κ2) is 8.41. The van der Waals surface area contributed by atoms with Crippen LogP contribution >= 0.6 is 0 Å². The SMILES string of the molecule is CC(=O)c1ccc(N(c2ccccc2)C2CCN(Cc3ccccc3)C2)cc1. The van der Waals surface area contributed by atoms with Crippen LogP contribution in [-0.2, 0) is 6.54 Å². The normalized spacial score (nSPS) is 16.8. The van der Waals surface area contributed by atoms with Crippen molar-refractivity contribution >= 4 is 17.2 Å². The molecule has 0 radical (unpaired) electrons. The van der Waals surface area contributed by atoms with E-state index in [1.54, 1.807) is 6.92 Å². The van der Waals surface area contributed by atoms with Crippen LogP contribution in [0.3, 0.4) is 0 Å². The van der Waals surface area contributed by atoms with Crippen molar-refractivity contribution in [3.8, 4) is 0 Å². The van der Waals surface area contributed by atoms with Crippen molar-refractivity contribution in [3.63, 3.8) is 0 Å². The maximum absolute atomic E-state index is 11.6. The van der Waals surface area contributed by atoms with Crippen LogP contribution in [0.2, 0.25) is 0 Å². The molecule has 0 bridgehead atoms. The van der Waals surface area contributed by atoms with E-state index < -0.39 is 0 Å². The zero-order chi connectivity index (χ0) is 19.3. The van der Waals surface area contributed by atoms with Crippen molar-refractivity contribution < 1.29 is 4.79 Å². The van der Waals surface area contributed by atoms with Crippen molar-refractivity contribution in [2.45, 2.75) is 25.9 Å². The number of hydrogen-bond acceptors (Lipinski definition) is 3. The van der Waals surface area contributed by atoms with Crippen molar-refractivity contribution in [2.24, 2.45) is 0 Å². The fourth-order valence-electron chi connectivity index (χ4n) is 4.02. The standard InChI is InChI=1S/C25H26N2O/c1-20(28)22-12-14-24(15-13-22)27(23-10-6-3-7-11-23)25-16-17-26(19-25)18-21-8-4-2-5-9-21/h2-15,25H,16-19H2,1H3. The summed E-state index contributed by atoms with van der Waals surface area (Å²) in [5, 5.41) is 0. The van der Waals surface area contributed by atoms with Gasteiger partial charge in [-0.3, -0.25) is 9.69 Å². The van der Waals surface area contributed by atoms with Crippen LogP contribution in [0.5, 0.6) is 0 Å². The third-order valence-electron chi connectivity index (χ3n) is 5.45. The third kappa shape index (κ3) is 4.15. The molecule has 3 aromatic carbocycles. The van der Waals surface area contributed by atoms with E-state index in [2.05, 4.69) is 82.6 Å². The van der Waals surface area contributed by atoms with Gasteiger partial charge in [0, 0.05) is 42.6 Å². The molecule has 1 heterocycles. The topological polar surface area (TPSA) is 23.6 Å². The second-order valence-corrected chi connectivity index (χ2v) is 7.47. The average Bonchev–Trinajstić information content (AvgIpc) is 3.18. The predicted molar refractivity (Wildman–Crippen MR) is 115 cm³/mol. The summed E-state index contributed by atoms with van der Waals surface area (Å²) in [5.74, 6) is 0.104. The third-order valence-corrected chi connectivity index (χ3v) is 5.45. The number of Topliss-reactive ketones (excluding diaryl/α,β-unsaturated/α-hetero) is 1. The highest BCUT2D eigenvalue weighted by molar-refractivity contribution is 5.94. The zero-order valence-electron chi connectivity index (χ0n) is 16.3. The lowest BCUT2D eigenvalue weighted by Gasteiger charge is -2.31. The first-order valence-electron chi connectivity index (χ1n) is 9.92. The minimum absolute atomic E-state index is 0.104. The Morgan fingerprint density at radius 2 is 1.50 bits per heavy atom. The van der Waals surface area contributed by atoms with Gasteiger partial charge < -0.3 is 4.90 Å². The minimum Gasteiger partial charge on any atom is -0.337 e. The molecule has 1 aliphatic rings. The van der Waals surface area contributed by atoms with Gasteiger partial charge in [-0.2, -0.15) is 0 Å². The number of rotatable bonds is 6. The van der Waals surface area contributed by atoms with E-state index in [1.165, 1.54) is 11.3 Å². The molecule has 3 nitrogen and oxygen atoms in total. The highest BCUT2D eigenvalue weighted by atomic mass is 16.1. The van der Waals surface area contributed by atoms with Crippen LogP contribution in [0.25, 0.3) is 0 Å². The number of benzene rings is 3. The molecule has 28 heavy (non-hydrogen) atoms. The Balaban J connectivity index is 1.57. The van der Waals surface area contributed by atoms with Crippen molar-refractivity contribution in [2.75, 3.05) is 18.0 Å². The molecule has 142 valence electrons. The lowest BCUT2D eigenvalue weighted by atomic mass is 10.1. The Bertz CT molecular complexity index is 906.